The second kappa shape index (κ2) is 11.9. The number of aromatic nitrogens is 4. The van der Waals surface area contributed by atoms with E-state index >= 15 is 0 Å². The summed E-state index contributed by atoms with van der Waals surface area (Å²) in [7, 11) is 0. The zero-order valence-corrected chi connectivity index (χ0v) is 30.0. The standard InChI is InChI=1S/C51H30N4O/c1-2-12-31(13-3-1)37-20-10-17-35-28-36(24-26-38(35)37)49-52-50(41-21-11-23-45-48(41)42-29-33-15-4-5-16-34(33)30-46(42)56-45)54-51(53-49)55-43-22-9-8-19-40(43)47-39-18-7-6-14-32(39)25-27-44(47)55/h1-30H. The molecule has 0 unspecified atom stereocenters. The Hall–Kier alpha value is -7.63. The van der Waals surface area contributed by atoms with Crippen LogP contribution in [0.4, 0.5) is 0 Å². The van der Waals surface area contributed by atoms with Crippen molar-refractivity contribution in [3.05, 3.63) is 182 Å². The Labute approximate surface area is 320 Å². The minimum atomic E-state index is 0.555. The normalized spacial score (nSPS) is 11.9. The monoisotopic (exact) mass is 714 g/mol. The van der Waals surface area contributed by atoms with Crippen molar-refractivity contribution in [2.24, 2.45) is 0 Å². The molecule has 0 atom stereocenters. The topological polar surface area (TPSA) is 56.7 Å². The molecule has 0 fully saturated rings. The summed E-state index contributed by atoms with van der Waals surface area (Å²) in [5.74, 6) is 1.73. The van der Waals surface area contributed by atoms with Crippen molar-refractivity contribution in [1.82, 2.24) is 19.5 Å². The van der Waals surface area contributed by atoms with Crippen LogP contribution in [0.1, 0.15) is 0 Å². The number of hydrogen-bond donors (Lipinski definition) is 0. The maximum atomic E-state index is 6.52. The first-order chi connectivity index (χ1) is 27.7. The number of nitrogens with zero attached hydrogens (tertiary/aromatic N) is 4. The first-order valence-corrected chi connectivity index (χ1v) is 18.9. The summed E-state index contributed by atoms with van der Waals surface area (Å²) in [6.45, 7) is 0. The van der Waals surface area contributed by atoms with Gasteiger partial charge in [-0.3, -0.25) is 4.57 Å². The van der Waals surface area contributed by atoms with Crippen LogP contribution in [0, 0.1) is 0 Å². The van der Waals surface area contributed by atoms with Crippen LogP contribution in [0.15, 0.2) is 186 Å². The van der Waals surface area contributed by atoms with Crippen molar-refractivity contribution < 1.29 is 4.42 Å². The number of para-hydroxylation sites is 1. The molecule has 3 aromatic heterocycles. The van der Waals surface area contributed by atoms with E-state index in [-0.39, 0.29) is 0 Å². The zero-order chi connectivity index (χ0) is 36.7. The van der Waals surface area contributed by atoms with Gasteiger partial charge in [-0.05, 0) is 79.8 Å². The molecule has 3 heterocycles. The van der Waals surface area contributed by atoms with Crippen molar-refractivity contribution in [2.75, 3.05) is 0 Å². The van der Waals surface area contributed by atoms with Crippen LogP contribution < -0.4 is 0 Å². The van der Waals surface area contributed by atoms with E-state index in [2.05, 4.69) is 174 Å². The smallest absolute Gasteiger partial charge is 0.238 e. The predicted octanol–water partition coefficient (Wildman–Crippen LogP) is 13.3. The van der Waals surface area contributed by atoms with Gasteiger partial charge in [0.05, 0.1) is 11.0 Å². The van der Waals surface area contributed by atoms with Crippen LogP contribution in [-0.4, -0.2) is 19.5 Å². The van der Waals surface area contributed by atoms with Gasteiger partial charge in [-0.1, -0.05) is 146 Å². The third-order valence-electron chi connectivity index (χ3n) is 11.2. The van der Waals surface area contributed by atoms with E-state index in [4.69, 9.17) is 19.4 Å². The molecule has 260 valence electrons. The van der Waals surface area contributed by atoms with Crippen molar-refractivity contribution in [2.45, 2.75) is 0 Å². The number of rotatable bonds is 4. The maximum absolute atomic E-state index is 6.52. The Kier molecular flexibility index (Phi) is 6.56. The molecule has 9 aromatic carbocycles. The fourth-order valence-electron chi connectivity index (χ4n) is 8.66. The average Bonchev–Trinajstić information content (AvgIpc) is 3.81. The molecule has 0 N–H and O–H groups in total. The van der Waals surface area contributed by atoms with Gasteiger partial charge in [-0.25, -0.2) is 4.98 Å². The van der Waals surface area contributed by atoms with Crippen LogP contribution in [0.5, 0.6) is 0 Å². The van der Waals surface area contributed by atoms with Gasteiger partial charge in [0.2, 0.25) is 5.95 Å². The zero-order valence-electron chi connectivity index (χ0n) is 30.0. The van der Waals surface area contributed by atoms with E-state index in [9.17, 15) is 0 Å². The Balaban J connectivity index is 1.15. The molecule has 5 heteroatoms. The van der Waals surface area contributed by atoms with E-state index < -0.39 is 0 Å². The van der Waals surface area contributed by atoms with Crippen molar-refractivity contribution >= 4 is 76.1 Å². The minimum Gasteiger partial charge on any atom is -0.456 e. The van der Waals surface area contributed by atoms with Crippen LogP contribution in [0.3, 0.4) is 0 Å². The molecule has 0 radical (unpaired) electrons. The fourth-order valence-corrected chi connectivity index (χ4v) is 8.66. The second-order valence-corrected chi connectivity index (χ2v) is 14.4. The summed E-state index contributed by atoms with van der Waals surface area (Å²) in [5.41, 5.74) is 7.87. The summed E-state index contributed by atoms with van der Waals surface area (Å²) in [6, 6.07) is 63.9. The van der Waals surface area contributed by atoms with Crippen molar-refractivity contribution in [3.8, 4) is 39.9 Å². The maximum Gasteiger partial charge on any atom is 0.238 e. The third-order valence-corrected chi connectivity index (χ3v) is 11.2. The van der Waals surface area contributed by atoms with E-state index in [0.29, 0.717) is 17.6 Å². The van der Waals surface area contributed by atoms with Gasteiger partial charge in [0.25, 0.3) is 0 Å². The van der Waals surface area contributed by atoms with Crippen molar-refractivity contribution in [1.29, 1.82) is 0 Å². The molecular formula is C51H30N4O. The summed E-state index contributed by atoms with van der Waals surface area (Å²) in [4.78, 5) is 16.0. The molecular weight excluding hydrogens is 685 g/mol. The Morgan fingerprint density at radius 2 is 1.07 bits per heavy atom. The summed E-state index contributed by atoms with van der Waals surface area (Å²) in [6.07, 6.45) is 0. The van der Waals surface area contributed by atoms with Gasteiger partial charge in [-0.15, -0.1) is 0 Å². The minimum absolute atomic E-state index is 0.555. The molecule has 0 spiro atoms. The van der Waals surface area contributed by atoms with Crippen LogP contribution in [-0.2, 0) is 0 Å². The van der Waals surface area contributed by atoms with Gasteiger partial charge in [0.1, 0.15) is 11.2 Å². The van der Waals surface area contributed by atoms with Gasteiger partial charge < -0.3 is 4.42 Å². The molecule has 0 aliphatic carbocycles. The number of furan rings is 1. The first kappa shape index (κ1) is 30.8. The Morgan fingerprint density at radius 3 is 1.96 bits per heavy atom. The highest BCUT2D eigenvalue weighted by Gasteiger charge is 2.22. The van der Waals surface area contributed by atoms with Gasteiger partial charge in [-0.2, -0.15) is 9.97 Å². The first-order valence-electron chi connectivity index (χ1n) is 18.9. The molecule has 0 aliphatic heterocycles. The van der Waals surface area contributed by atoms with Gasteiger partial charge in [0, 0.05) is 32.7 Å². The molecule has 12 rings (SSSR count). The molecule has 5 nitrogen and oxygen atoms in total. The van der Waals surface area contributed by atoms with E-state index in [1.54, 1.807) is 0 Å². The van der Waals surface area contributed by atoms with E-state index in [0.717, 1.165) is 65.6 Å². The molecule has 12 aromatic rings. The molecule has 0 bridgehead atoms. The van der Waals surface area contributed by atoms with Crippen molar-refractivity contribution in [3.63, 3.8) is 0 Å². The number of hydrogen-bond acceptors (Lipinski definition) is 4. The molecule has 0 saturated heterocycles. The lowest BCUT2D eigenvalue weighted by molar-refractivity contribution is 0.669. The van der Waals surface area contributed by atoms with Crippen LogP contribution >= 0.6 is 0 Å². The number of benzene rings is 9. The third kappa shape index (κ3) is 4.64. The molecule has 56 heavy (non-hydrogen) atoms. The van der Waals surface area contributed by atoms with Gasteiger partial charge in [0.15, 0.2) is 11.6 Å². The summed E-state index contributed by atoms with van der Waals surface area (Å²) in [5, 5.41) is 11.3. The average molecular weight is 715 g/mol. The fraction of sp³-hybridized carbons (Fsp3) is 0. The SMILES string of the molecule is c1ccc(-c2cccc3cc(-c4nc(-c5cccc6oc7cc8ccccc8cc7c56)nc(-n5c6ccccc6c6c7ccccc7ccc65)n4)ccc23)cc1. The predicted molar refractivity (Wildman–Crippen MR) is 230 cm³/mol. The van der Waals surface area contributed by atoms with Crippen LogP contribution in [0.2, 0.25) is 0 Å². The molecule has 0 saturated carbocycles. The lowest BCUT2D eigenvalue weighted by atomic mass is 9.97. The highest BCUT2D eigenvalue weighted by molar-refractivity contribution is 6.21. The summed E-state index contributed by atoms with van der Waals surface area (Å²) >= 11 is 0. The Bertz CT molecular complexity index is 3540. The highest BCUT2D eigenvalue weighted by atomic mass is 16.3. The lowest BCUT2D eigenvalue weighted by Crippen LogP contribution is -2.06. The number of fused-ring (bicyclic) bond motifs is 10. The molecule has 0 aliphatic rings. The largest absolute Gasteiger partial charge is 0.456 e. The Morgan fingerprint density at radius 1 is 0.357 bits per heavy atom. The van der Waals surface area contributed by atoms with Crippen LogP contribution in [0.25, 0.3) is 116 Å². The van der Waals surface area contributed by atoms with E-state index in [1.165, 1.54) is 32.7 Å². The highest BCUT2D eigenvalue weighted by Crippen LogP contribution is 2.40. The molecule has 0 amide bonds. The van der Waals surface area contributed by atoms with E-state index in [1.807, 2.05) is 12.1 Å². The second-order valence-electron chi connectivity index (χ2n) is 14.4. The van der Waals surface area contributed by atoms with Gasteiger partial charge >= 0.3 is 0 Å². The summed E-state index contributed by atoms with van der Waals surface area (Å²) < 4.78 is 8.71. The lowest BCUT2D eigenvalue weighted by Gasteiger charge is -2.13. The quantitative estimate of drug-likeness (QED) is 0.182.